The minimum absolute atomic E-state index is 0.00722. The third-order valence-electron chi connectivity index (χ3n) is 5.08. The molecule has 0 aliphatic carbocycles. The predicted molar refractivity (Wildman–Crippen MR) is 117 cm³/mol. The average Bonchev–Trinajstić information content (AvgIpc) is 3.06. The normalized spacial score (nSPS) is 19.2. The highest BCUT2D eigenvalue weighted by atomic mass is 35.5. The molecule has 1 aromatic heterocycles. The number of alkyl halides is 4. The molecule has 1 fully saturated rings. The number of benzene rings is 2. The fourth-order valence-corrected chi connectivity index (χ4v) is 4.42. The molecule has 4 rings (SSSR count). The van der Waals surface area contributed by atoms with E-state index in [0.717, 1.165) is 12.1 Å². The third-order valence-corrected chi connectivity index (χ3v) is 5.87. The smallest absolute Gasteiger partial charge is 0.417 e. The standard InChI is InChI=1S/C22H18Cl2F4N4O/c1-31-13-32(21(24,30-31)20-16(23)6-4-7-17(20)25)18-8-3-2-5-14(18)12-33-19-10-9-15(11-29-19)22(26,27)28/h2-11,30H,12-13H2,1H3. The molecule has 2 heterocycles. The lowest BCUT2D eigenvalue weighted by Gasteiger charge is -2.35. The molecule has 0 bridgehead atoms. The minimum Gasteiger partial charge on any atom is -0.473 e. The molecule has 0 radical (unpaired) electrons. The molecule has 0 spiro atoms. The van der Waals surface area contributed by atoms with Gasteiger partial charge in [0.1, 0.15) is 12.4 Å². The number of anilines is 1. The van der Waals surface area contributed by atoms with Crippen LogP contribution in [0, 0.1) is 5.82 Å². The summed E-state index contributed by atoms with van der Waals surface area (Å²) in [6.45, 7) is 0.274. The Balaban J connectivity index is 1.63. The van der Waals surface area contributed by atoms with Gasteiger partial charge < -0.3 is 9.64 Å². The van der Waals surface area contributed by atoms with E-state index in [1.165, 1.54) is 12.1 Å². The lowest BCUT2D eigenvalue weighted by molar-refractivity contribution is -0.137. The Hall–Kier alpha value is -2.59. The number of para-hydroxylation sites is 1. The second-order valence-corrected chi connectivity index (χ2v) is 8.35. The van der Waals surface area contributed by atoms with Gasteiger partial charge in [-0.2, -0.15) is 13.2 Å². The van der Waals surface area contributed by atoms with E-state index >= 15 is 0 Å². The number of rotatable bonds is 5. The summed E-state index contributed by atoms with van der Waals surface area (Å²) < 4.78 is 58.7. The zero-order valence-electron chi connectivity index (χ0n) is 17.2. The van der Waals surface area contributed by atoms with Crippen molar-refractivity contribution < 1.29 is 22.3 Å². The van der Waals surface area contributed by atoms with Crippen molar-refractivity contribution in [1.82, 2.24) is 15.4 Å². The van der Waals surface area contributed by atoms with Gasteiger partial charge in [0.05, 0.1) is 22.8 Å². The average molecular weight is 501 g/mol. The van der Waals surface area contributed by atoms with Crippen LogP contribution in [-0.2, 0) is 17.9 Å². The molecule has 33 heavy (non-hydrogen) atoms. The lowest BCUT2D eigenvalue weighted by atomic mass is 10.1. The van der Waals surface area contributed by atoms with Crippen molar-refractivity contribution in [2.24, 2.45) is 0 Å². The van der Waals surface area contributed by atoms with E-state index in [-0.39, 0.29) is 29.7 Å². The van der Waals surface area contributed by atoms with Crippen LogP contribution in [0.15, 0.2) is 60.8 Å². The molecule has 5 nitrogen and oxygen atoms in total. The van der Waals surface area contributed by atoms with Crippen molar-refractivity contribution in [3.05, 3.63) is 88.3 Å². The van der Waals surface area contributed by atoms with Crippen LogP contribution in [0.25, 0.3) is 0 Å². The van der Waals surface area contributed by atoms with Gasteiger partial charge in [-0.05, 0) is 24.3 Å². The highest BCUT2D eigenvalue weighted by Gasteiger charge is 2.47. The first-order chi connectivity index (χ1) is 15.6. The Labute approximate surface area is 197 Å². The zero-order chi connectivity index (χ0) is 23.8. The second kappa shape index (κ2) is 8.98. The molecule has 1 saturated heterocycles. The Morgan fingerprint density at radius 1 is 1.12 bits per heavy atom. The van der Waals surface area contributed by atoms with Crippen molar-refractivity contribution in [2.45, 2.75) is 17.9 Å². The number of nitrogens with one attached hydrogen (secondary N) is 1. The Morgan fingerprint density at radius 3 is 2.55 bits per heavy atom. The summed E-state index contributed by atoms with van der Waals surface area (Å²) in [6, 6.07) is 13.5. The summed E-state index contributed by atoms with van der Waals surface area (Å²) in [5.74, 6) is -0.545. The van der Waals surface area contributed by atoms with Crippen LogP contribution in [-0.4, -0.2) is 23.7 Å². The van der Waals surface area contributed by atoms with Crippen LogP contribution in [0.3, 0.4) is 0 Å². The van der Waals surface area contributed by atoms with Gasteiger partial charge in [0.25, 0.3) is 0 Å². The van der Waals surface area contributed by atoms with Gasteiger partial charge in [0, 0.05) is 30.6 Å². The van der Waals surface area contributed by atoms with Crippen LogP contribution in [0.4, 0.5) is 23.2 Å². The summed E-state index contributed by atoms with van der Waals surface area (Å²) in [6.07, 6.45) is -3.77. The molecule has 2 aromatic carbocycles. The first-order valence-electron chi connectivity index (χ1n) is 9.73. The number of hydrazine groups is 1. The number of pyridine rings is 1. The van der Waals surface area contributed by atoms with Crippen LogP contribution in [0.1, 0.15) is 16.7 Å². The van der Waals surface area contributed by atoms with Gasteiger partial charge in [-0.15, -0.1) is 0 Å². The molecule has 1 aliphatic rings. The summed E-state index contributed by atoms with van der Waals surface area (Å²) in [4.78, 5) is 5.45. The molecule has 1 aliphatic heterocycles. The number of hydrogen-bond acceptors (Lipinski definition) is 5. The topological polar surface area (TPSA) is 40.6 Å². The van der Waals surface area contributed by atoms with Crippen LogP contribution >= 0.6 is 23.2 Å². The molecular formula is C22H18Cl2F4N4O. The van der Waals surface area contributed by atoms with E-state index in [1.54, 1.807) is 47.3 Å². The molecule has 174 valence electrons. The molecule has 1 N–H and O–H groups in total. The number of halogens is 6. The maximum Gasteiger partial charge on any atom is 0.417 e. The van der Waals surface area contributed by atoms with Crippen LogP contribution in [0.5, 0.6) is 5.88 Å². The quantitative estimate of drug-likeness (QED) is 0.275. The number of nitrogens with zero attached hydrogens (tertiary/aromatic N) is 3. The molecule has 1 unspecified atom stereocenters. The zero-order valence-corrected chi connectivity index (χ0v) is 18.7. The van der Waals surface area contributed by atoms with Crippen molar-refractivity contribution in [2.75, 3.05) is 18.6 Å². The Morgan fingerprint density at radius 2 is 1.88 bits per heavy atom. The van der Waals surface area contributed by atoms with Crippen molar-refractivity contribution >= 4 is 28.9 Å². The highest BCUT2D eigenvalue weighted by Crippen LogP contribution is 2.43. The first-order valence-corrected chi connectivity index (χ1v) is 10.5. The number of aromatic nitrogens is 1. The minimum atomic E-state index is -4.48. The monoisotopic (exact) mass is 500 g/mol. The Kier molecular flexibility index (Phi) is 6.41. The van der Waals surface area contributed by atoms with Gasteiger partial charge in [-0.25, -0.2) is 19.8 Å². The van der Waals surface area contributed by atoms with E-state index in [1.807, 2.05) is 0 Å². The third kappa shape index (κ3) is 4.72. The van der Waals surface area contributed by atoms with Crippen LogP contribution < -0.4 is 15.1 Å². The van der Waals surface area contributed by atoms with E-state index < -0.39 is 22.7 Å². The summed E-state index contributed by atoms with van der Waals surface area (Å²) in [5, 5.41) is 0.311. The van der Waals surface area contributed by atoms with E-state index in [0.29, 0.717) is 17.4 Å². The van der Waals surface area contributed by atoms with Gasteiger partial charge in [0.15, 0.2) is 0 Å². The lowest BCUT2D eigenvalue weighted by Crippen LogP contribution is -2.46. The summed E-state index contributed by atoms with van der Waals surface area (Å²) in [5.41, 5.74) is 3.52. The molecule has 0 saturated carbocycles. The van der Waals surface area contributed by atoms with Gasteiger partial charge in [0.2, 0.25) is 11.0 Å². The number of ether oxygens (including phenoxy) is 1. The summed E-state index contributed by atoms with van der Waals surface area (Å²) in [7, 11) is 1.75. The second-order valence-electron chi connectivity index (χ2n) is 7.40. The van der Waals surface area contributed by atoms with E-state index in [9.17, 15) is 17.6 Å². The molecular weight excluding hydrogens is 483 g/mol. The van der Waals surface area contributed by atoms with Gasteiger partial charge in [-0.3, -0.25) is 0 Å². The van der Waals surface area contributed by atoms with Crippen molar-refractivity contribution in [3.63, 3.8) is 0 Å². The molecule has 11 heteroatoms. The van der Waals surface area contributed by atoms with Crippen molar-refractivity contribution in [3.8, 4) is 5.88 Å². The van der Waals surface area contributed by atoms with E-state index in [2.05, 4.69) is 10.4 Å². The van der Waals surface area contributed by atoms with Gasteiger partial charge in [-0.1, -0.05) is 47.5 Å². The first kappa shape index (κ1) is 23.6. The SMILES string of the molecule is CN1CN(c2ccccc2COc2ccc(C(F)(F)F)cn2)C(Cl)(c2c(F)cccc2Cl)N1. The fourth-order valence-electron chi connectivity index (χ4n) is 3.59. The highest BCUT2D eigenvalue weighted by molar-refractivity contribution is 6.33. The van der Waals surface area contributed by atoms with E-state index in [4.69, 9.17) is 27.9 Å². The van der Waals surface area contributed by atoms with Crippen molar-refractivity contribution in [1.29, 1.82) is 0 Å². The molecule has 3 aromatic rings. The molecule has 0 amide bonds. The maximum absolute atomic E-state index is 14.8. The van der Waals surface area contributed by atoms with Gasteiger partial charge >= 0.3 is 6.18 Å². The Bertz CT molecular complexity index is 1130. The summed E-state index contributed by atoms with van der Waals surface area (Å²) >= 11 is 13.2. The largest absolute Gasteiger partial charge is 0.473 e. The van der Waals surface area contributed by atoms with Crippen LogP contribution in [0.2, 0.25) is 5.02 Å². The predicted octanol–water partition coefficient (Wildman–Crippen LogP) is 5.74. The maximum atomic E-state index is 14.8. The fraction of sp³-hybridized carbons (Fsp3) is 0.227. The molecule has 1 atom stereocenters. The number of hydrogen-bond donors (Lipinski definition) is 1.